The summed E-state index contributed by atoms with van der Waals surface area (Å²) in [4.78, 5) is 37.8. The van der Waals surface area contributed by atoms with Gasteiger partial charge in [0.2, 0.25) is 0 Å². The summed E-state index contributed by atoms with van der Waals surface area (Å²) in [5.41, 5.74) is 0. The highest BCUT2D eigenvalue weighted by Crippen LogP contribution is 2.15. The summed E-state index contributed by atoms with van der Waals surface area (Å²) in [5, 5.41) is 0. The SMILES string of the molecule is CC/C=C\C/C=C\C/C=C\C/C=C\C/C=C\C/C=C\C/C=C\CCCCCCCCCCCCCC(=O)OCC(COC(=O)CCCCCCC)OC(=O)CCCCCCC/C=C\C/C=C\CCCCC. The van der Waals surface area contributed by atoms with Crippen LogP contribution < -0.4 is 0 Å². The number of carbonyl (C=O) groups is 3. The van der Waals surface area contributed by atoms with Gasteiger partial charge in [-0.15, -0.1) is 0 Å². The zero-order chi connectivity index (χ0) is 51.4. The van der Waals surface area contributed by atoms with Gasteiger partial charge in [-0.1, -0.05) is 246 Å². The summed E-state index contributed by atoms with van der Waals surface area (Å²) in [6, 6.07) is 0. The standard InChI is InChI=1S/C65H108O6/c1-4-7-10-13-15-17-19-21-23-24-25-26-27-28-29-30-31-32-33-34-35-36-37-38-39-40-42-43-45-47-49-52-55-58-64(67)70-61-62(60-69-63(66)57-54-51-12-9-6-3)71-65(68)59-56-53-50-48-46-44-41-22-20-18-16-14-11-8-5-2/h7,10,15-18,21-23,25-26,28-29,31-32,34-35,41,62H,4-6,8-9,11-14,19-20,24,27,30,33,36-40,42-61H2,1-3H3/b10-7-,17-15-,18-16-,23-21-,26-25-,29-28-,32-31-,35-34-,41-22-. The van der Waals surface area contributed by atoms with Crippen molar-refractivity contribution in [3.05, 3.63) is 109 Å². The van der Waals surface area contributed by atoms with Gasteiger partial charge in [0, 0.05) is 19.3 Å². The van der Waals surface area contributed by atoms with E-state index in [-0.39, 0.29) is 31.1 Å². The molecule has 0 heterocycles. The second-order valence-electron chi connectivity index (χ2n) is 19.2. The minimum Gasteiger partial charge on any atom is -0.462 e. The van der Waals surface area contributed by atoms with Gasteiger partial charge in [-0.3, -0.25) is 14.4 Å². The summed E-state index contributed by atoms with van der Waals surface area (Å²) >= 11 is 0. The molecule has 71 heavy (non-hydrogen) atoms. The Kier molecular flexibility index (Phi) is 55.4. The van der Waals surface area contributed by atoms with E-state index in [4.69, 9.17) is 14.2 Å². The van der Waals surface area contributed by atoms with Gasteiger partial charge in [-0.05, 0) is 109 Å². The monoisotopic (exact) mass is 985 g/mol. The van der Waals surface area contributed by atoms with Crippen molar-refractivity contribution in [2.45, 2.75) is 271 Å². The number of hydrogen-bond acceptors (Lipinski definition) is 6. The maximum absolute atomic E-state index is 12.7. The van der Waals surface area contributed by atoms with Crippen LogP contribution in [-0.2, 0) is 28.6 Å². The number of rotatable bonds is 52. The van der Waals surface area contributed by atoms with Crippen LogP contribution in [0.5, 0.6) is 0 Å². The Morgan fingerprint density at radius 3 is 0.887 bits per heavy atom. The molecule has 6 nitrogen and oxygen atoms in total. The molecule has 6 heteroatoms. The normalized spacial score (nSPS) is 12.9. The maximum Gasteiger partial charge on any atom is 0.306 e. The van der Waals surface area contributed by atoms with Crippen LogP contribution in [0.3, 0.4) is 0 Å². The molecule has 0 aromatic heterocycles. The van der Waals surface area contributed by atoms with Crippen molar-refractivity contribution in [3.8, 4) is 0 Å². The van der Waals surface area contributed by atoms with Gasteiger partial charge in [0.1, 0.15) is 13.2 Å². The Bertz CT molecular complexity index is 1460. The van der Waals surface area contributed by atoms with Gasteiger partial charge >= 0.3 is 17.9 Å². The number of unbranched alkanes of at least 4 members (excludes halogenated alkanes) is 23. The molecule has 0 N–H and O–H groups in total. The van der Waals surface area contributed by atoms with Crippen molar-refractivity contribution in [2.24, 2.45) is 0 Å². The van der Waals surface area contributed by atoms with Crippen LogP contribution in [0.2, 0.25) is 0 Å². The Hall–Kier alpha value is -3.93. The molecule has 0 amide bonds. The predicted octanol–water partition coefficient (Wildman–Crippen LogP) is 19.9. The highest BCUT2D eigenvalue weighted by Gasteiger charge is 2.19. The van der Waals surface area contributed by atoms with Crippen molar-refractivity contribution < 1.29 is 28.6 Å². The number of hydrogen-bond donors (Lipinski definition) is 0. The molecule has 0 rings (SSSR count). The van der Waals surface area contributed by atoms with Crippen LogP contribution in [0.25, 0.3) is 0 Å². The Labute approximate surface area is 438 Å². The van der Waals surface area contributed by atoms with E-state index in [1.54, 1.807) is 0 Å². The van der Waals surface area contributed by atoms with Gasteiger partial charge < -0.3 is 14.2 Å². The van der Waals surface area contributed by atoms with Crippen molar-refractivity contribution in [1.29, 1.82) is 0 Å². The molecule has 0 aromatic carbocycles. The fourth-order valence-corrected chi connectivity index (χ4v) is 7.86. The molecular weight excluding hydrogens is 877 g/mol. The lowest BCUT2D eigenvalue weighted by molar-refractivity contribution is -0.167. The third-order valence-electron chi connectivity index (χ3n) is 12.3. The molecule has 0 fully saturated rings. The van der Waals surface area contributed by atoms with Crippen LogP contribution in [0, 0.1) is 0 Å². The average molecular weight is 986 g/mol. The van der Waals surface area contributed by atoms with Crippen molar-refractivity contribution >= 4 is 17.9 Å². The van der Waals surface area contributed by atoms with Crippen molar-refractivity contribution in [2.75, 3.05) is 13.2 Å². The predicted molar refractivity (Wildman–Crippen MR) is 307 cm³/mol. The summed E-state index contributed by atoms with van der Waals surface area (Å²) in [6.45, 7) is 6.40. The van der Waals surface area contributed by atoms with Gasteiger partial charge in [-0.25, -0.2) is 0 Å². The summed E-state index contributed by atoms with van der Waals surface area (Å²) in [7, 11) is 0. The summed E-state index contributed by atoms with van der Waals surface area (Å²) in [6.07, 6.45) is 79.9. The third kappa shape index (κ3) is 56.9. The number of esters is 3. The quantitative estimate of drug-likeness (QED) is 0.0261. The first kappa shape index (κ1) is 67.1. The Balaban J connectivity index is 4.04. The molecule has 0 spiro atoms. The maximum atomic E-state index is 12.7. The molecule has 0 aliphatic carbocycles. The van der Waals surface area contributed by atoms with Crippen LogP contribution in [0.1, 0.15) is 265 Å². The van der Waals surface area contributed by atoms with E-state index < -0.39 is 6.10 Å². The molecule has 1 atom stereocenters. The van der Waals surface area contributed by atoms with E-state index in [0.717, 1.165) is 135 Å². The van der Waals surface area contributed by atoms with E-state index in [1.807, 2.05) is 0 Å². The minimum atomic E-state index is -0.782. The molecule has 0 aromatic rings. The second kappa shape index (κ2) is 58.6. The lowest BCUT2D eigenvalue weighted by Gasteiger charge is -2.18. The first-order chi connectivity index (χ1) is 35.0. The minimum absolute atomic E-state index is 0.0847. The molecule has 0 radical (unpaired) electrons. The van der Waals surface area contributed by atoms with Gasteiger partial charge in [-0.2, -0.15) is 0 Å². The molecule has 0 aliphatic heterocycles. The molecular formula is C65H108O6. The lowest BCUT2D eigenvalue weighted by Crippen LogP contribution is -2.30. The molecule has 1 unspecified atom stereocenters. The smallest absolute Gasteiger partial charge is 0.306 e. The second-order valence-corrected chi connectivity index (χ2v) is 19.2. The lowest BCUT2D eigenvalue weighted by atomic mass is 10.0. The van der Waals surface area contributed by atoms with E-state index in [0.29, 0.717) is 19.3 Å². The molecule has 0 aliphatic rings. The zero-order valence-electron chi connectivity index (χ0n) is 46.2. The Morgan fingerprint density at radius 2 is 0.549 bits per heavy atom. The average Bonchev–Trinajstić information content (AvgIpc) is 3.37. The van der Waals surface area contributed by atoms with E-state index >= 15 is 0 Å². The first-order valence-corrected chi connectivity index (χ1v) is 29.4. The highest BCUT2D eigenvalue weighted by atomic mass is 16.6. The van der Waals surface area contributed by atoms with E-state index in [1.165, 1.54) is 89.9 Å². The van der Waals surface area contributed by atoms with Crippen molar-refractivity contribution in [3.63, 3.8) is 0 Å². The Morgan fingerprint density at radius 1 is 0.296 bits per heavy atom. The fraction of sp³-hybridized carbons (Fsp3) is 0.677. The number of carbonyl (C=O) groups excluding carboxylic acids is 3. The first-order valence-electron chi connectivity index (χ1n) is 29.4. The molecule has 0 bridgehead atoms. The molecule has 0 saturated carbocycles. The van der Waals surface area contributed by atoms with Crippen LogP contribution in [0.4, 0.5) is 0 Å². The molecule has 404 valence electrons. The van der Waals surface area contributed by atoms with E-state index in [9.17, 15) is 14.4 Å². The highest BCUT2D eigenvalue weighted by molar-refractivity contribution is 5.71. The largest absolute Gasteiger partial charge is 0.462 e. The van der Waals surface area contributed by atoms with Crippen molar-refractivity contribution in [1.82, 2.24) is 0 Å². The van der Waals surface area contributed by atoms with Gasteiger partial charge in [0.05, 0.1) is 0 Å². The third-order valence-corrected chi connectivity index (χ3v) is 12.3. The number of allylic oxidation sites excluding steroid dienone is 18. The topological polar surface area (TPSA) is 78.9 Å². The van der Waals surface area contributed by atoms with Crippen LogP contribution in [0.15, 0.2) is 109 Å². The molecule has 0 saturated heterocycles. The number of ether oxygens (including phenoxy) is 3. The zero-order valence-corrected chi connectivity index (χ0v) is 46.2. The summed E-state index contributed by atoms with van der Waals surface area (Å²) < 4.78 is 16.7. The van der Waals surface area contributed by atoms with Crippen LogP contribution in [-0.4, -0.2) is 37.2 Å². The summed E-state index contributed by atoms with van der Waals surface area (Å²) in [5.74, 6) is -0.916. The van der Waals surface area contributed by atoms with E-state index in [2.05, 4.69) is 130 Å². The van der Waals surface area contributed by atoms with Gasteiger partial charge in [0.15, 0.2) is 6.10 Å². The van der Waals surface area contributed by atoms with Gasteiger partial charge in [0.25, 0.3) is 0 Å². The fourth-order valence-electron chi connectivity index (χ4n) is 7.86. The van der Waals surface area contributed by atoms with Crippen LogP contribution >= 0.6 is 0 Å².